The number of piperidine rings is 1. The molecule has 3 atom stereocenters. The molecule has 2 rings (SSSR count). The molecule has 2 N–H and O–H groups in total. The summed E-state index contributed by atoms with van der Waals surface area (Å²) in [6.45, 7) is 6.96. The quantitative estimate of drug-likeness (QED) is 0.692. The van der Waals surface area contributed by atoms with Crippen molar-refractivity contribution in [3.63, 3.8) is 0 Å². The Kier molecular flexibility index (Phi) is 2.06. The van der Waals surface area contributed by atoms with Crippen LogP contribution in [0.3, 0.4) is 0 Å². The van der Waals surface area contributed by atoms with Gasteiger partial charge in [0.25, 0.3) is 0 Å². The zero-order chi connectivity index (χ0) is 11.4. The third-order valence-electron chi connectivity index (χ3n) is 4.36. The predicted molar refractivity (Wildman–Crippen MR) is 55.6 cm³/mol. The van der Waals surface area contributed by atoms with Gasteiger partial charge in [-0.3, -0.25) is 0 Å². The third-order valence-corrected chi connectivity index (χ3v) is 4.36. The van der Waals surface area contributed by atoms with Crippen LogP contribution in [0.4, 0.5) is 4.79 Å². The van der Waals surface area contributed by atoms with Crippen molar-refractivity contribution >= 4 is 6.09 Å². The monoisotopic (exact) mass is 213 g/mol. The van der Waals surface area contributed by atoms with Crippen LogP contribution < -0.4 is 0 Å². The topological polar surface area (TPSA) is 60.8 Å². The molecule has 4 heteroatoms. The van der Waals surface area contributed by atoms with E-state index in [4.69, 9.17) is 5.11 Å². The minimum absolute atomic E-state index is 0.0140. The number of amides is 1. The molecule has 2 aliphatic rings. The highest BCUT2D eigenvalue weighted by molar-refractivity contribution is 5.67. The maximum Gasteiger partial charge on any atom is 0.407 e. The summed E-state index contributed by atoms with van der Waals surface area (Å²) in [4.78, 5) is 12.4. The third kappa shape index (κ3) is 1.20. The largest absolute Gasteiger partial charge is 0.465 e. The van der Waals surface area contributed by atoms with E-state index in [1.807, 2.05) is 0 Å². The van der Waals surface area contributed by atoms with Gasteiger partial charge >= 0.3 is 6.09 Å². The number of likely N-dealkylation sites (tertiary alicyclic amines) is 1. The average molecular weight is 213 g/mol. The van der Waals surface area contributed by atoms with E-state index in [-0.39, 0.29) is 23.5 Å². The van der Waals surface area contributed by atoms with Crippen LogP contribution in [0.2, 0.25) is 0 Å². The maximum absolute atomic E-state index is 11.0. The number of hydrogen-bond donors (Lipinski definition) is 2. The summed E-state index contributed by atoms with van der Waals surface area (Å²) < 4.78 is 0. The van der Waals surface area contributed by atoms with Crippen molar-refractivity contribution in [1.29, 1.82) is 0 Å². The van der Waals surface area contributed by atoms with Crippen LogP contribution in [-0.2, 0) is 0 Å². The number of hydrogen-bond acceptors (Lipinski definition) is 2. The molecule has 1 saturated heterocycles. The Morgan fingerprint density at radius 2 is 2.13 bits per heavy atom. The van der Waals surface area contributed by atoms with Crippen LogP contribution >= 0.6 is 0 Å². The first-order valence-corrected chi connectivity index (χ1v) is 5.45. The highest BCUT2D eigenvalue weighted by atomic mass is 16.4. The second-order valence-corrected chi connectivity index (χ2v) is 5.82. The van der Waals surface area contributed by atoms with Crippen molar-refractivity contribution in [1.82, 2.24) is 4.90 Å². The molecule has 1 amide bonds. The van der Waals surface area contributed by atoms with Gasteiger partial charge in [-0.05, 0) is 17.8 Å². The Morgan fingerprint density at radius 1 is 1.53 bits per heavy atom. The smallest absolute Gasteiger partial charge is 0.407 e. The lowest BCUT2D eigenvalue weighted by molar-refractivity contribution is 0.0534. The molecule has 1 saturated carbocycles. The van der Waals surface area contributed by atoms with Gasteiger partial charge in [0.1, 0.15) is 0 Å². The molecule has 15 heavy (non-hydrogen) atoms. The molecule has 1 aliphatic carbocycles. The van der Waals surface area contributed by atoms with Gasteiger partial charge in [0.05, 0.1) is 12.6 Å². The predicted octanol–water partition coefficient (Wildman–Crippen LogP) is 1.39. The number of carbonyl (C=O) groups is 1. The summed E-state index contributed by atoms with van der Waals surface area (Å²) in [6, 6.07) is -0.208. The van der Waals surface area contributed by atoms with Gasteiger partial charge in [-0.2, -0.15) is 0 Å². The van der Waals surface area contributed by atoms with Gasteiger partial charge in [-0.15, -0.1) is 0 Å². The van der Waals surface area contributed by atoms with Crippen molar-refractivity contribution in [2.24, 2.45) is 16.7 Å². The standard InChI is InChI=1S/C11H19NO3/c1-10(2,3)11-4-7(11)5-12(9(14)15)8(11)6-13/h7-8,13H,4-6H2,1-3H3,(H,14,15)/t7-,8-,11+/m0/s1. The van der Waals surface area contributed by atoms with Crippen molar-refractivity contribution in [2.75, 3.05) is 13.2 Å². The number of aliphatic hydroxyl groups is 1. The second kappa shape index (κ2) is 2.88. The van der Waals surface area contributed by atoms with Crippen LogP contribution in [0, 0.1) is 16.7 Å². The van der Waals surface area contributed by atoms with E-state index >= 15 is 0 Å². The molecule has 1 aliphatic heterocycles. The lowest BCUT2D eigenvalue weighted by atomic mass is 9.72. The van der Waals surface area contributed by atoms with Gasteiger partial charge in [0, 0.05) is 12.0 Å². The Morgan fingerprint density at radius 3 is 2.53 bits per heavy atom. The van der Waals surface area contributed by atoms with Crippen LogP contribution in [0.5, 0.6) is 0 Å². The number of aliphatic hydroxyl groups excluding tert-OH is 1. The molecule has 0 unspecified atom stereocenters. The minimum Gasteiger partial charge on any atom is -0.465 e. The summed E-state index contributed by atoms with van der Waals surface area (Å²) in [5.74, 6) is 0.450. The highest BCUT2D eigenvalue weighted by Crippen LogP contribution is 2.69. The molecule has 2 fully saturated rings. The molecule has 0 radical (unpaired) electrons. The molecule has 1 heterocycles. The van der Waals surface area contributed by atoms with E-state index in [1.165, 1.54) is 4.90 Å². The summed E-state index contributed by atoms with van der Waals surface area (Å²) in [5.41, 5.74) is 0.0788. The van der Waals surface area contributed by atoms with E-state index in [0.29, 0.717) is 12.5 Å². The Labute approximate surface area is 89.9 Å². The lowest BCUT2D eigenvalue weighted by Crippen LogP contribution is -2.46. The number of carboxylic acid groups (broad SMARTS) is 1. The Balaban J connectivity index is 2.28. The molecular weight excluding hydrogens is 194 g/mol. The Hall–Kier alpha value is -0.770. The molecule has 0 aromatic rings. The van der Waals surface area contributed by atoms with Crippen LogP contribution in [-0.4, -0.2) is 40.4 Å². The number of rotatable bonds is 1. The second-order valence-electron chi connectivity index (χ2n) is 5.82. The molecule has 86 valence electrons. The zero-order valence-corrected chi connectivity index (χ0v) is 9.53. The van der Waals surface area contributed by atoms with E-state index in [1.54, 1.807) is 0 Å². The first-order chi connectivity index (χ1) is 6.84. The maximum atomic E-state index is 11.0. The lowest BCUT2D eigenvalue weighted by Gasteiger charge is -2.37. The van der Waals surface area contributed by atoms with E-state index < -0.39 is 6.09 Å². The fourth-order valence-electron chi connectivity index (χ4n) is 3.52. The van der Waals surface area contributed by atoms with Gasteiger partial charge in [-0.25, -0.2) is 4.79 Å². The van der Waals surface area contributed by atoms with E-state index in [2.05, 4.69) is 20.8 Å². The van der Waals surface area contributed by atoms with Crippen molar-refractivity contribution < 1.29 is 15.0 Å². The van der Waals surface area contributed by atoms with E-state index in [9.17, 15) is 9.90 Å². The van der Waals surface area contributed by atoms with Crippen molar-refractivity contribution in [3.05, 3.63) is 0 Å². The van der Waals surface area contributed by atoms with Crippen LogP contribution in [0.15, 0.2) is 0 Å². The molecular formula is C11H19NO3. The van der Waals surface area contributed by atoms with Gasteiger partial charge in [-0.1, -0.05) is 20.8 Å². The summed E-state index contributed by atoms with van der Waals surface area (Å²) >= 11 is 0. The normalized spacial score (nSPS) is 39.1. The van der Waals surface area contributed by atoms with Gasteiger partial charge in [0.15, 0.2) is 0 Å². The summed E-state index contributed by atoms with van der Waals surface area (Å²) in [6.07, 6.45) is 0.163. The van der Waals surface area contributed by atoms with Crippen molar-refractivity contribution in [3.8, 4) is 0 Å². The first-order valence-electron chi connectivity index (χ1n) is 5.45. The van der Waals surface area contributed by atoms with Gasteiger partial charge in [0.2, 0.25) is 0 Å². The van der Waals surface area contributed by atoms with E-state index in [0.717, 1.165) is 6.42 Å². The molecule has 4 nitrogen and oxygen atoms in total. The summed E-state index contributed by atoms with van der Waals surface area (Å²) in [7, 11) is 0. The molecule has 0 spiro atoms. The average Bonchev–Trinajstić information content (AvgIpc) is 2.73. The molecule has 0 bridgehead atoms. The Bertz CT molecular complexity index is 297. The molecule has 0 aromatic carbocycles. The number of fused-ring (bicyclic) bond motifs is 1. The fourth-order valence-corrected chi connectivity index (χ4v) is 3.52. The minimum atomic E-state index is -0.898. The number of nitrogens with zero attached hydrogens (tertiary/aromatic N) is 1. The zero-order valence-electron chi connectivity index (χ0n) is 9.53. The highest BCUT2D eigenvalue weighted by Gasteiger charge is 2.71. The van der Waals surface area contributed by atoms with Gasteiger partial charge < -0.3 is 15.1 Å². The van der Waals surface area contributed by atoms with Crippen molar-refractivity contribution in [2.45, 2.75) is 33.2 Å². The summed E-state index contributed by atoms with van der Waals surface area (Å²) in [5, 5.41) is 18.5. The fraction of sp³-hybridized carbons (Fsp3) is 0.909. The van der Waals surface area contributed by atoms with Crippen LogP contribution in [0.25, 0.3) is 0 Å². The first kappa shape index (κ1) is 10.7. The van der Waals surface area contributed by atoms with Crippen LogP contribution in [0.1, 0.15) is 27.2 Å². The SMILES string of the molecule is CC(C)(C)[C@]12C[C@H]1CN(C(=O)O)[C@H]2CO. The molecule has 0 aromatic heterocycles.